The highest BCUT2D eigenvalue weighted by Crippen LogP contribution is 2.40. The van der Waals surface area contributed by atoms with Gasteiger partial charge in [-0.3, -0.25) is 4.90 Å². The Bertz CT molecular complexity index is 274. The molecule has 2 heterocycles. The SMILES string of the molecule is CNC1CC2CCCC(C1)N2C1CCC(SC)CC1. The van der Waals surface area contributed by atoms with Gasteiger partial charge in [0.05, 0.1) is 0 Å². The molecule has 0 aromatic rings. The molecule has 0 spiro atoms. The van der Waals surface area contributed by atoms with Gasteiger partial charge in [0.15, 0.2) is 0 Å². The van der Waals surface area contributed by atoms with Gasteiger partial charge < -0.3 is 5.32 Å². The van der Waals surface area contributed by atoms with Gasteiger partial charge in [0.25, 0.3) is 0 Å². The van der Waals surface area contributed by atoms with Crippen LogP contribution in [0, 0.1) is 0 Å². The van der Waals surface area contributed by atoms with E-state index >= 15 is 0 Å². The van der Waals surface area contributed by atoms with Gasteiger partial charge in [-0.25, -0.2) is 0 Å². The van der Waals surface area contributed by atoms with Gasteiger partial charge in [-0.15, -0.1) is 0 Å². The zero-order valence-electron chi connectivity index (χ0n) is 12.6. The van der Waals surface area contributed by atoms with Gasteiger partial charge >= 0.3 is 0 Å². The molecule has 0 radical (unpaired) electrons. The summed E-state index contributed by atoms with van der Waals surface area (Å²) in [6.07, 6.45) is 15.3. The number of hydrogen-bond acceptors (Lipinski definition) is 3. The maximum absolute atomic E-state index is 3.54. The quantitative estimate of drug-likeness (QED) is 0.855. The first-order valence-electron chi connectivity index (χ1n) is 8.29. The third kappa shape index (κ3) is 2.98. The van der Waals surface area contributed by atoms with Gasteiger partial charge in [-0.1, -0.05) is 6.42 Å². The Labute approximate surface area is 123 Å². The Hall–Kier alpha value is 0.270. The van der Waals surface area contributed by atoms with Gasteiger partial charge in [0.1, 0.15) is 0 Å². The molecule has 3 heteroatoms. The number of piperidine rings is 2. The smallest absolute Gasteiger partial charge is 0.0116 e. The van der Waals surface area contributed by atoms with E-state index < -0.39 is 0 Å². The molecule has 3 aliphatic rings. The number of rotatable bonds is 3. The Morgan fingerprint density at radius 2 is 1.53 bits per heavy atom. The molecule has 3 fully saturated rings. The minimum absolute atomic E-state index is 0.786. The molecule has 0 amide bonds. The summed E-state index contributed by atoms with van der Waals surface area (Å²) in [6.45, 7) is 0. The van der Waals surface area contributed by atoms with Crippen LogP contribution in [0.3, 0.4) is 0 Å². The van der Waals surface area contributed by atoms with E-state index in [4.69, 9.17) is 0 Å². The largest absolute Gasteiger partial charge is 0.317 e. The summed E-state index contributed by atoms with van der Waals surface area (Å²) in [5.74, 6) is 0. The minimum atomic E-state index is 0.786. The first kappa shape index (κ1) is 14.2. The summed E-state index contributed by atoms with van der Waals surface area (Å²) < 4.78 is 0. The van der Waals surface area contributed by atoms with Crippen molar-refractivity contribution in [2.24, 2.45) is 0 Å². The van der Waals surface area contributed by atoms with Crippen LogP contribution in [-0.4, -0.2) is 47.6 Å². The maximum Gasteiger partial charge on any atom is 0.0116 e. The Kier molecular flexibility index (Phi) is 4.76. The van der Waals surface area contributed by atoms with Crippen molar-refractivity contribution in [1.29, 1.82) is 0 Å². The van der Waals surface area contributed by atoms with Crippen molar-refractivity contribution in [3.05, 3.63) is 0 Å². The second-order valence-corrected chi connectivity index (χ2v) is 7.95. The molecule has 0 aromatic carbocycles. The molecule has 2 unspecified atom stereocenters. The predicted molar refractivity (Wildman–Crippen MR) is 84.9 cm³/mol. The van der Waals surface area contributed by atoms with Crippen molar-refractivity contribution in [2.75, 3.05) is 13.3 Å². The lowest BCUT2D eigenvalue weighted by molar-refractivity contribution is -0.0205. The lowest BCUT2D eigenvalue weighted by atomic mass is 9.78. The van der Waals surface area contributed by atoms with E-state index in [2.05, 4.69) is 35.3 Å². The highest BCUT2D eigenvalue weighted by molar-refractivity contribution is 7.99. The monoisotopic (exact) mass is 282 g/mol. The van der Waals surface area contributed by atoms with Crippen LogP contribution in [0.15, 0.2) is 0 Å². The van der Waals surface area contributed by atoms with E-state index in [0.717, 1.165) is 29.4 Å². The van der Waals surface area contributed by atoms with Gasteiger partial charge in [0, 0.05) is 29.4 Å². The van der Waals surface area contributed by atoms with Crippen LogP contribution in [-0.2, 0) is 0 Å². The molecule has 0 aromatic heterocycles. The van der Waals surface area contributed by atoms with Crippen molar-refractivity contribution in [3.8, 4) is 0 Å². The molecule has 1 saturated carbocycles. The summed E-state index contributed by atoms with van der Waals surface area (Å²) in [5, 5.41) is 4.49. The van der Waals surface area contributed by atoms with Crippen LogP contribution in [0.5, 0.6) is 0 Å². The molecule has 2 atom stereocenters. The van der Waals surface area contributed by atoms with E-state index in [0.29, 0.717) is 0 Å². The molecule has 2 saturated heterocycles. The molecule has 2 aliphatic heterocycles. The molecule has 110 valence electrons. The molecular weight excluding hydrogens is 252 g/mol. The first-order chi connectivity index (χ1) is 9.31. The molecular formula is C16H30N2S. The van der Waals surface area contributed by atoms with E-state index in [1.165, 1.54) is 57.8 Å². The van der Waals surface area contributed by atoms with Crippen molar-refractivity contribution < 1.29 is 0 Å². The van der Waals surface area contributed by atoms with Gasteiger partial charge in [0.2, 0.25) is 0 Å². The molecule has 1 N–H and O–H groups in total. The highest BCUT2D eigenvalue weighted by Gasteiger charge is 2.41. The fourth-order valence-electron chi connectivity index (χ4n) is 4.83. The molecule has 3 rings (SSSR count). The third-order valence-electron chi connectivity index (χ3n) is 5.84. The van der Waals surface area contributed by atoms with E-state index in [-0.39, 0.29) is 0 Å². The molecule has 2 nitrogen and oxygen atoms in total. The zero-order chi connectivity index (χ0) is 13.2. The van der Waals surface area contributed by atoms with Crippen LogP contribution < -0.4 is 5.32 Å². The molecule has 2 bridgehead atoms. The summed E-state index contributed by atoms with van der Waals surface area (Å²) in [6, 6.07) is 3.48. The number of hydrogen-bond donors (Lipinski definition) is 1. The number of nitrogens with one attached hydrogen (secondary N) is 1. The van der Waals surface area contributed by atoms with Crippen LogP contribution in [0.4, 0.5) is 0 Å². The summed E-state index contributed by atoms with van der Waals surface area (Å²) >= 11 is 2.09. The van der Waals surface area contributed by atoms with E-state index in [9.17, 15) is 0 Å². The summed E-state index contributed by atoms with van der Waals surface area (Å²) in [5.41, 5.74) is 0. The first-order valence-corrected chi connectivity index (χ1v) is 9.58. The predicted octanol–water partition coefficient (Wildman–Crippen LogP) is 3.27. The minimum Gasteiger partial charge on any atom is -0.317 e. The average Bonchev–Trinajstić information content (AvgIpc) is 2.46. The lowest BCUT2D eigenvalue weighted by Crippen LogP contribution is -2.59. The zero-order valence-corrected chi connectivity index (χ0v) is 13.4. The molecule has 1 aliphatic carbocycles. The second-order valence-electron chi connectivity index (χ2n) is 6.81. The Morgan fingerprint density at radius 1 is 0.895 bits per heavy atom. The lowest BCUT2D eigenvalue weighted by Gasteiger charge is -2.53. The van der Waals surface area contributed by atoms with Crippen LogP contribution in [0.1, 0.15) is 57.8 Å². The van der Waals surface area contributed by atoms with Crippen molar-refractivity contribution in [3.63, 3.8) is 0 Å². The fraction of sp³-hybridized carbons (Fsp3) is 1.00. The summed E-state index contributed by atoms with van der Waals surface area (Å²) in [4.78, 5) is 2.98. The van der Waals surface area contributed by atoms with Gasteiger partial charge in [-0.05, 0) is 64.7 Å². The molecule has 19 heavy (non-hydrogen) atoms. The Balaban J connectivity index is 1.64. The third-order valence-corrected chi connectivity index (χ3v) is 6.98. The van der Waals surface area contributed by atoms with Crippen LogP contribution in [0.25, 0.3) is 0 Å². The van der Waals surface area contributed by atoms with Crippen molar-refractivity contribution >= 4 is 11.8 Å². The van der Waals surface area contributed by atoms with Crippen LogP contribution >= 0.6 is 11.8 Å². The highest BCUT2D eigenvalue weighted by atomic mass is 32.2. The van der Waals surface area contributed by atoms with Crippen molar-refractivity contribution in [1.82, 2.24) is 10.2 Å². The topological polar surface area (TPSA) is 15.3 Å². The Morgan fingerprint density at radius 3 is 2.05 bits per heavy atom. The van der Waals surface area contributed by atoms with Crippen LogP contribution in [0.2, 0.25) is 0 Å². The van der Waals surface area contributed by atoms with E-state index in [1.807, 2.05) is 0 Å². The average molecular weight is 282 g/mol. The van der Waals surface area contributed by atoms with Crippen molar-refractivity contribution in [2.45, 2.75) is 87.2 Å². The second kappa shape index (κ2) is 6.36. The number of thioether (sulfide) groups is 1. The summed E-state index contributed by atoms with van der Waals surface area (Å²) in [7, 11) is 2.15. The number of nitrogens with zero attached hydrogens (tertiary/aromatic N) is 1. The fourth-order valence-corrected chi connectivity index (χ4v) is 5.57. The standard InChI is InChI=1S/C16H30N2S/c1-17-12-10-14-4-3-5-15(11-12)18(14)13-6-8-16(19-2)9-7-13/h12-17H,3-11H2,1-2H3. The van der Waals surface area contributed by atoms with E-state index in [1.54, 1.807) is 0 Å². The number of fused-ring (bicyclic) bond motifs is 2. The van der Waals surface area contributed by atoms with Gasteiger partial charge in [-0.2, -0.15) is 11.8 Å². The maximum atomic E-state index is 3.54. The normalized spacial score (nSPS) is 44.2.